The van der Waals surface area contributed by atoms with E-state index in [0.29, 0.717) is 12.1 Å². The first-order chi connectivity index (χ1) is 7.25. The predicted molar refractivity (Wildman–Crippen MR) is 60.2 cm³/mol. The lowest BCUT2D eigenvalue weighted by atomic mass is 10.1. The summed E-state index contributed by atoms with van der Waals surface area (Å²) in [5.41, 5.74) is 1.17. The first-order valence-electron chi connectivity index (χ1n) is 5.77. The summed E-state index contributed by atoms with van der Waals surface area (Å²) in [4.78, 5) is 0. The van der Waals surface area contributed by atoms with Crippen molar-refractivity contribution in [3.63, 3.8) is 0 Å². The second-order valence-electron chi connectivity index (χ2n) is 4.42. The Morgan fingerprint density at radius 1 is 1.20 bits per heavy atom. The maximum Gasteiger partial charge on any atom is 0.123 e. The summed E-state index contributed by atoms with van der Waals surface area (Å²) in [7, 11) is 0. The third kappa shape index (κ3) is 2.78. The highest BCUT2D eigenvalue weighted by atomic mass is 19.1. The Bertz CT molecular complexity index is 301. The van der Waals surface area contributed by atoms with Crippen molar-refractivity contribution in [2.45, 2.75) is 44.7 Å². The average molecular weight is 207 g/mol. The Hall–Kier alpha value is -0.890. The molecule has 0 aromatic heterocycles. The lowest BCUT2D eigenvalue weighted by Gasteiger charge is -2.19. The molecular formula is C13H18FN. The molecular weight excluding hydrogens is 189 g/mol. The van der Waals surface area contributed by atoms with Gasteiger partial charge in [-0.15, -0.1) is 0 Å². The predicted octanol–water partition coefficient (Wildman–Crippen LogP) is 3.42. The summed E-state index contributed by atoms with van der Waals surface area (Å²) in [6, 6.07) is 7.77. The van der Waals surface area contributed by atoms with Crippen LogP contribution in [0.1, 0.15) is 44.2 Å². The maximum atomic E-state index is 12.7. The molecule has 0 spiro atoms. The summed E-state index contributed by atoms with van der Waals surface area (Å²) in [5, 5.41) is 3.59. The largest absolute Gasteiger partial charge is 0.307 e. The highest BCUT2D eigenvalue weighted by Gasteiger charge is 2.17. The Labute approximate surface area is 90.7 Å². The number of hydrogen-bond acceptors (Lipinski definition) is 1. The zero-order valence-electron chi connectivity index (χ0n) is 9.17. The highest BCUT2D eigenvalue weighted by molar-refractivity contribution is 5.19. The monoisotopic (exact) mass is 207 g/mol. The summed E-state index contributed by atoms with van der Waals surface area (Å²) >= 11 is 0. The van der Waals surface area contributed by atoms with Gasteiger partial charge in [-0.05, 0) is 37.5 Å². The first-order valence-corrected chi connectivity index (χ1v) is 5.77. The van der Waals surface area contributed by atoms with E-state index in [1.54, 1.807) is 0 Å². The maximum absolute atomic E-state index is 12.7. The molecule has 2 rings (SSSR count). The molecule has 82 valence electrons. The van der Waals surface area contributed by atoms with Crippen LogP contribution in [0.15, 0.2) is 24.3 Å². The molecule has 1 aliphatic carbocycles. The molecule has 1 aliphatic rings. The molecule has 15 heavy (non-hydrogen) atoms. The Morgan fingerprint density at radius 3 is 2.40 bits per heavy atom. The number of hydrogen-bond donors (Lipinski definition) is 1. The molecule has 0 saturated heterocycles. The molecule has 0 amide bonds. The van der Waals surface area contributed by atoms with E-state index in [4.69, 9.17) is 0 Å². The van der Waals surface area contributed by atoms with Gasteiger partial charge < -0.3 is 5.32 Å². The summed E-state index contributed by atoms with van der Waals surface area (Å²) in [5.74, 6) is -0.160. The molecule has 0 radical (unpaired) electrons. The van der Waals surface area contributed by atoms with E-state index in [2.05, 4.69) is 12.2 Å². The molecule has 1 nitrogen and oxygen atoms in total. The summed E-state index contributed by atoms with van der Waals surface area (Å²) in [6.07, 6.45) is 5.25. The zero-order valence-corrected chi connectivity index (χ0v) is 9.17. The van der Waals surface area contributed by atoms with E-state index in [-0.39, 0.29) is 5.82 Å². The van der Waals surface area contributed by atoms with Crippen LogP contribution in [-0.2, 0) is 0 Å². The van der Waals surface area contributed by atoms with Crippen LogP contribution in [0.4, 0.5) is 4.39 Å². The molecule has 0 unspecified atom stereocenters. The van der Waals surface area contributed by atoms with E-state index in [1.165, 1.54) is 43.4 Å². The van der Waals surface area contributed by atoms with E-state index in [9.17, 15) is 4.39 Å². The fraction of sp³-hybridized carbons (Fsp3) is 0.538. The first kappa shape index (κ1) is 10.6. The van der Waals surface area contributed by atoms with Crippen molar-refractivity contribution in [3.05, 3.63) is 35.6 Å². The lowest BCUT2D eigenvalue weighted by molar-refractivity contribution is 0.461. The van der Waals surface area contributed by atoms with Gasteiger partial charge in [0.15, 0.2) is 0 Å². The van der Waals surface area contributed by atoms with Crippen molar-refractivity contribution in [1.82, 2.24) is 5.32 Å². The van der Waals surface area contributed by atoms with Gasteiger partial charge in [0, 0.05) is 12.1 Å². The minimum Gasteiger partial charge on any atom is -0.307 e. The van der Waals surface area contributed by atoms with Gasteiger partial charge in [-0.3, -0.25) is 0 Å². The smallest absolute Gasteiger partial charge is 0.123 e. The van der Waals surface area contributed by atoms with Gasteiger partial charge in [-0.25, -0.2) is 4.39 Å². The third-order valence-corrected chi connectivity index (χ3v) is 3.21. The third-order valence-electron chi connectivity index (χ3n) is 3.21. The normalized spacial score (nSPS) is 19.3. The minimum atomic E-state index is -0.160. The zero-order chi connectivity index (χ0) is 10.7. The van der Waals surface area contributed by atoms with Crippen LogP contribution < -0.4 is 5.32 Å². The van der Waals surface area contributed by atoms with Crippen molar-refractivity contribution in [1.29, 1.82) is 0 Å². The van der Waals surface area contributed by atoms with Crippen LogP contribution in [0.3, 0.4) is 0 Å². The van der Waals surface area contributed by atoms with Gasteiger partial charge in [0.05, 0.1) is 0 Å². The Kier molecular flexibility index (Phi) is 3.37. The lowest BCUT2D eigenvalue weighted by Crippen LogP contribution is -2.28. The van der Waals surface area contributed by atoms with Gasteiger partial charge >= 0.3 is 0 Å². The van der Waals surface area contributed by atoms with E-state index in [1.807, 2.05) is 12.1 Å². The highest BCUT2D eigenvalue weighted by Crippen LogP contribution is 2.21. The van der Waals surface area contributed by atoms with Crippen molar-refractivity contribution in [3.8, 4) is 0 Å². The molecule has 0 heterocycles. The molecule has 2 heteroatoms. The Balaban J connectivity index is 1.94. The average Bonchev–Trinajstić information content (AvgIpc) is 2.71. The van der Waals surface area contributed by atoms with Crippen LogP contribution in [0, 0.1) is 5.82 Å². The summed E-state index contributed by atoms with van der Waals surface area (Å²) < 4.78 is 12.7. The molecule has 1 fully saturated rings. The molecule has 1 atom stereocenters. The molecule has 1 aromatic carbocycles. The van der Waals surface area contributed by atoms with Gasteiger partial charge in [-0.2, -0.15) is 0 Å². The van der Waals surface area contributed by atoms with Crippen molar-refractivity contribution in [2.24, 2.45) is 0 Å². The topological polar surface area (TPSA) is 12.0 Å². The number of benzene rings is 1. The standard InChI is InChI=1S/C13H18FN/c1-10(15-13-4-2-3-5-13)11-6-8-12(14)9-7-11/h6-10,13,15H,2-5H2,1H3/t10-/m0/s1. The van der Waals surface area contributed by atoms with Crippen LogP contribution in [0.5, 0.6) is 0 Å². The summed E-state index contributed by atoms with van der Waals surface area (Å²) in [6.45, 7) is 2.14. The van der Waals surface area contributed by atoms with Crippen molar-refractivity contribution in [2.75, 3.05) is 0 Å². The second-order valence-corrected chi connectivity index (χ2v) is 4.42. The minimum absolute atomic E-state index is 0.160. The fourth-order valence-electron chi connectivity index (χ4n) is 2.29. The molecule has 0 aliphatic heterocycles. The van der Waals surface area contributed by atoms with E-state index < -0.39 is 0 Å². The van der Waals surface area contributed by atoms with Crippen LogP contribution in [0.2, 0.25) is 0 Å². The van der Waals surface area contributed by atoms with Crippen molar-refractivity contribution < 1.29 is 4.39 Å². The molecule has 1 N–H and O–H groups in total. The van der Waals surface area contributed by atoms with Crippen LogP contribution in [0.25, 0.3) is 0 Å². The van der Waals surface area contributed by atoms with Gasteiger partial charge in [0.25, 0.3) is 0 Å². The van der Waals surface area contributed by atoms with Crippen LogP contribution in [-0.4, -0.2) is 6.04 Å². The SMILES string of the molecule is C[C@H](NC1CCCC1)c1ccc(F)cc1. The second kappa shape index (κ2) is 4.75. The van der Waals surface area contributed by atoms with Gasteiger partial charge in [0.1, 0.15) is 5.82 Å². The number of halogens is 1. The molecule has 1 saturated carbocycles. The van der Waals surface area contributed by atoms with Gasteiger partial charge in [-0.1, -0.05) is 25.0 Å². The van der Waals surface area contributed by atoms with Crippen molar-refractivity contribution >= 4 is 0 Å². The fourth-order valence-corrected chi connectivity index (χ4v) is 2.29. The van der Waals surface area contributed by atoms with Gasteiger partial charge in [0.2, 0.25) is 0 Å². The Morgan fingerprint density at radius 2 is 1.80 bits per heavy atom. The quantitative estimate of drug-likeness (QED) is 0.800. The van der Waals surface area contributed by atoms with E-state index >= 15 is 0 Å². The number of rotatable bonds is 3. The van der Waals surface area contributed by atoms with E-state index in [0.717, 1.165) is 0 Å². The van der Waals surface area contributed by atoms with Crippen LogP contribution >= 0.6 is 0 Å². The molecule has 1 aromatic rings. The molecule has 0 bridgehead atoms. The number of nitrogens with one attached hydrogen (secondary N) is 1.